The number of nitrogens with one attached hydrogen (secondary N) is 1. The predicted molar refractivity (Wildman–Crippen MR) is 92.6 cm³/mol. The molecule has 130 valence electrons. The third-order valence-electron chi connectivity index (χ3n) is 4.52. The van der Waals surface area contributed by atoms with Gasteiger partial charge >= 0.3 is 0 Å². The van der Waals surface area contributed by atoms with Gasteiger partial charge in [-0.2, -0.15) is 0 Å². The number of aromatic nitrogens is 2. The van der Waals surface area contributed by atoms with Crippen LogP contribution in [0.2, 0.25) is 0 Å². The molecule has 1 saturated heterocycles. The van der Waals surface area contributed by atoms with Gasteiger partial charge in [-0.05, 0) is 31.2 Å². The lowest BCUT2D eigenvalue weighted by Gasteiger charge is -2.34. The Morgan fingerprint density at radius 3 is 2.92 bits per heavy atom. The fourth-order valence-corrected chi connectivity index (χ4v) is 3.49. The summed E-state index contributed by atoms with van der Waals surface area (Å²) in [4.78, 5) is 11.1. The highest BCUT2D eigenvalue weighted by molar-refractivity contribution is 7.77. The molecule has 0 bridgehead atoms. The molecular weight excluding hydrogens is 328 g/mol. The van der Waals surface area contributed by atoms with Crippen LogP contribution in [0.4, 0.5) is 5.69 Å². The Morgan fingerprint density at radius 2 is 2.21 bits per heavy atom. The van der Waals surface area contributed by atoms with Crippen molar-refractivity contribution in [1.29, 1.82) is 0 Å². The SMILES string of the molecule is COc1cc2nccc(N3CCC(CCNS(=O)[O-])CC3)c2cn1. The van der Waals surface area contributed by atoms with Crippen LogP contribution in [0.3, 0.4) is 0 Å². The second kappa shape index (κ2) is 7.87. The number of piperidine rings is 1. The van der Waals surface area contributed by atoms with Crippen molar-refractivity contribution in [2.24, 2.45) is 5.92 Å². The Morgan fingerprint density at radius 1 is 1.42 bits per heavy atom. The van der Waals surface area contributed by atoms with Crippen molar-refractivity contribution < 1.29 is 13.5 Å². The number of pyridine rings is 2. The molecule has 1 unspecified atom stereocenters. The number of hydrogen-bond donors (Lipinski definition) is 1. The van der Waals surface area contributed by atoms with Crippen molar-refractivity contribution >= 4 is 27.9 Å². The molecule has 0 aromatic carbocycles. The maximum Gasteiger partial charge on any atom is 0.215 e. The van der Waals surface area contributed by atoms with Gasteiger partial charge in [0.15, 0.2) is 0 Å². The average Bonchev–Trinajstić information content (AvgIpc) is 2.61. The summed E-state index contributed by atoms with van der Waals surface area (Å²) in [5.41, 5.74) is 2.02. The summed E-state index contributed by atoms with van der Waals surface area (Å²) in [5, 5.41) is 1.03. The molecule has 3 rings (SSSR count). The largest absolute Gasteiger partial charge is 0.760 e. The summed E-state index contributed by atoms with van der Waals surface area (Å²) in [7, 11) is 1.60. The molecule has 0 amide bonds. The minimum atomic E-state index is -2.16. The molecule has 0 radical (unpaired) electrons. The molecular formula is C16H21N4O3S-. The third kappa shape index (κ3) is 4.00. The molecule has 1 N–H and O–H groups in total. The highest BCUT2D eigenvalue weighted by atomic mass is 32.2. The van der Waals surface area contributed by atoms with Crippen molar-refractivity contribution in [2.75, 3.05) is 31.6 Å². The maximum absolute atomic E-state index is 10.5. The zero-order chi connectivity index (χ0) is 16.9. The molecule has 1 aliphatic heterocycles. The van der Waals surface area contributed by atoms with E-state index in [9.17, 15) is 8.76 Å². The van der Waals surface area contributed by atoms with Crippen LogP contribution >= 0.6 is 0 Å². The first-order valence-electron chi connectivity index (χ1n) is 8.04. The Bertz CT molecular complexity index is 720. The molecule has 0 saturated carbocycles. The van der Waals surface area contributed by atoms with Gasteiger partial charge in [-0.3, -0.25) is 9.19 Å². The quantitative estimate of drug-likeness (QED) is 0.797. The Labute approximate surface area is 143 Å². The Balaban J connectivity index is 1.66. The number of ether oxygens (including phenoxy) is 1. The molecule has 8 heteroatoms. The molecule has 0 aliphatic carbocycles. The summed E-state index contributed by atoms with van der Waals surface area (Å²) < 4.78 is 28.6. The van der Waals surface area contributed by atoms with Crippen molar-refractivity contribution in [1.82, 2.24) is 14.7 Å². The average molecular weight is 349 g/mol. The van der Waals surface area contributed by atoms with Crippen LogP contribution < -0.4 is 14.4 Å². The first-order valence-corrected chi connectivity index (χ1v) is 9.11. The zero-order valence-corrected chi connectivity index (χ0v) is 14.4. The molecule has 1 aliphatic rings. The van der Waals surface area contributed by atoms with Crippen molar-refractivity contribution in [3.05, 3.63) is 24.5 Å². The lowest BCUT2D eigenvalue weighted by molar-refractivity contribution is 0.381. The second-order valence-corrected chi connectivity index (χ2v) is 6.68. The number of methoxy groups -OCH3 is 1. The fraction of sp³-hybridized carbons (Fsp3) is 0.500. The molecule has 24 heavy (non-hydrogen) atoms. The number of rotatable bonds is 6. The van der Waals surface area contributed by atoms with Gasteiger partial charge in [0.2, 0.25) is 5.88 Å². The van der Waals surface area contributed by atoms with Gasteiger partial charge in [-0.25, -0.2) is 9.71 Å². The van der Waals surface area contributed by atoms with E-state index in [-0.39, 0.29) is 0 Å². The molecule has 2 aromatic heterocycles. The normalized spacial score (nSPS) is 17.2. The van der Waals surface area contributed by atoms with Crippen LogP contribution in [0, 0.1) is 5.92 Å². The van der Waals surface area contributed by atoms with E-state index >= 15 is 0 Å². The molecule has 0 spiro atoms. The van der Waals surface area contributed by atoms with E-state index in [2.05, 4.69) is 19.6 Å². The smallest absolute Gasteiger partial charge is 0.215 e. The van der Waals surface area contributed by atoms with Gasteiger partial charge in [0.1, 0.15) is 0 Å². The Hall–Kier alpha value is -1.77. The third-order valence-corrected chi connectivity index (χ3v) is 4.96. The summed E-state index contributed by atoms with van der Waals surface area (Å²) in [5.74, 6) is 1.12. The first-order chi connectivity index (χ1) is 11.7. The molecule has 1 atom stereocenters. The van der Waals surface area contributed by atoms with Gasteiger partial charge in [0.05, 0.1) is 12.6 Å². The highest BCUT2D eigenvalue weighted by Gasteiger charge is 2.20. The van der Waals surface area contributed by atoms with E-state index < -0.39 is 11.3 Å². The minimum Gasteiger partial charge on any atom is -0.760 e. The van der Waals surface area contributed by atoms with Crippen LogP contribution in [-0.2, 0) is 11.3 Å². The molecule has 1 fully saturated rings. The second-order valence-electron chi connectivity index (χ2n) is 5.92. The zero-order valence-electron chi connectivity index (χ0n) is 13.6. The predicted octanol–water partition coefficient (Wildman–Crippen LogP) is 1.63. The number of hydrogen-bond acceptors (Lipinski definition) is 6. The number of anilines is 1. The van der Waals surface area contributed by atoms with E-state index in [1.54, 1.807) is 7.11 Å². The van der Waals surface area contributed by atoms with Crippen molar-refractivity contribution in [2.45, 2.75) is 19.3 Å². The van der Waals surface area contributed by atoms with Gasteiger partial charge < -0.3 is 14.2 Å². The summed E-state index contributed by atoms with van der Waals surface area (Å²) >= 11 is -2.16. The van der Waals surface area contributed by atoms with Crippen LogP contribution in [0.5, 0.6) is 5.88 Å². The van der Waals surface area contributed by atoms with E-state index in [1.165, 1.54) is 0 Å². The summed E-state index contributed by atoms with van der Waals surface area (Å²) in [6.07, 6.45) is 6.63. The lowest BCUT2D eigenvalue weighted by Crippen LogP contribution is -2.35. The molecule has 3 heterocycles. The summed E-state index contributed by atoms with van der Waals surface area (Å²) in [6, 6.07) is 3.87. The Kier molecular flexibility index (Phi) is 5.60. The first kappa shape index (κ1) is 17.1. The monoisotopic (exact) mass is 349 g/mol. The number of fused-ring (bicyclic) bond motifs is 1. The van der Waals surface area contributed by atoms with Gasteiger partial charge in [0.25, 0.3) is 0 Å². The van der Waals surface area contributed by atoms with E-state index in [0.29, 0.717) is 18.3 Å². The maximum atomic E-state index is 10.5. The topological polar surface area (TPSA) is 90.4 Å². The lowest BCUT2D eigenvalue weighted by atomic mass is 9.93. The summed E-state index contributed by atoms with van der Waals surface area (Å²) in [6.45, 7) is 2.43. The van der Waals surface area contributed by atoms with Crippen LogP contribution in [0.25, 0.3) is 10.9 Å². The van der Waals surface area contributed by atoms with Crippen LogP contribution in [0.15, 0.2) is 24.5 Å². The molecule has 2 aromatic rings. The van der Waals surface area contributed by atoms with Crippen molar-refractivity contribution in [3.8, 4) is 5.88 Å². The minimum absolute atomic E-state index is 0.517. The van der Waals surface area contributed by atoms with Crippen LogP contribution in [-0.4, -0.2) is 45.5 Å². The van der Waals surface area contributed by atoms with E-state index in [1.807, 2.05) is 24.5 Å². The number of nitrogens with zero attached hydrogens (tertiary/aromatic N) is 3. The fourth-order valence-electron chi connectivity index (χ4n) is 3.20. The standard InChI is InChI=1S/C16H22N4O3S/c1-23-16-10-14-13(11-18-16)15(3-6-17-14)20-8-4-12(5-9-20)2-7-19-24(21)22/h3,6,10-12,19H,2,4-5,7-9H2,1H3,(H,21,22)/p-1. The highest BCUT2D eigenvalue weighted by Crippen LogP contribution is 2.30. The van der Waals surface area contributed by atoms with E-state index in [0.717, 1.165) is 48.9 Å². The van der Waals surface area contributed by atoms with Gasteiger partial charge in [-0.1, -0.05) is 0 Å². The van der Waals surface area contributed by atoms with Crippen LogP contribution in [0.1, 0.15) is 19.3 Å². The van der Waals surface area contributed by atoms with Gasteiger partial charge in [-0.15, -0.1) is 0 Å². The van der Waals surface area contributed by atoms with Crippen molar-refractivity contribution in [3.63, 3.8) is 0 Å². The molecule has 7 nitrogen and oxygen atoms in total. The van der Waals surface area contributed by atoms with E-state index in [4.69, 9.17) is 4.74 Å². The van der Waals surface area contributed by atoms with Gasteiger partial charge in [0, 0.05) is 60.4 Å².